The van der Waals surface area contributed by atoms with E-state index >= 15 is 0 Å². The highest BCUT2D eigenvalue weighted by Crippen LogP contribution is 2.34. The average Bonchev–Trinajstić information content (AvgIpc) is 3.19. The van der Waals surface area contributed by atoms with E-state index in [0.29, 0.717) is 13.0 Å². The summed E-state index contributed by atoms with van der Waals surface area (Å²) >= 11 is 0. The minimum absolute atomic E-state index is 0.000200. The molecule has 0 radical (unpaired) electrons. The number of carbonyl (C=O) groups is 2. The van der Waals surface area contributed by atoms with Gasteiger partial charge in [0.05, 0.1) is 0 Å². The van der Waals surface area contributed by atoms with Gasteiger partial charge in [-0.25, -0.2) is 4.79 Å². The molecule has 3 N–H and O–H groups in total. The second kappa shape index (κ2) is 13.8. The van der Waals surface area contributed by atoms with E-state index in [-0.39, 0.29) is 36.6 Å². The predicted octanol–water partition coefficient (Wildman–Crippen LogP) is 5.42. The molecule has 1 amide bonds. The van der Waals surface area contributed by atoms with Gasteiger partial charge in [-0.2, -0.15) is 0 Å². The number of nitrogens with one attached hydrogen (secondary N) is 1. The van der Waals surface area contributed by atoms with E-state index in [4.69, 9.17) is 15.2 Å². The van der Waals surface area contributed by atoms with E-state index in [2.05, 4.69) is 29.3 Å². The van der Waals surface area contributed by atoms with Crippen molar-refractivity contribution in [1.82, 2.24) is 10.2 Å². The minimum Gasteiger partial charge on any atom is -0.459 e. The Balaban J connectivity index is 1.87. The zero-order chi connectivity index (χ0) is 27.7. The quantitative estimate of drug-likeness (QED) is 0.382. The summed E-state index contributed by atoms with van der Waals surface area (Å²) in [5.41, 5.74) is 7.83. The second-order valence-electron chi connectivity index (χ2n) is 11.5. The molecule has 38 heavy (non-hydrogen) atoms. The van der Waals surface area contributed by atoms with Crippen LogP contribution in [0.15, 0.2) is 60.7 Å². The minimum atomic E-state index is -0.609. The van der Waals surface area contributed by atoms with Crippen molar-refractivity contribution in [2.45, 2.75) is 103 Å². The lowest BCUT2D eigenvalue weighted by atomic mass is 9.87. The maximum absolute atomic E-state index is 13.5. The van der Waals surface area contributed by atoms with Crippen molar-refractivity contribution in [1.29, 1.82) is 0 Å². The fraction of sp³-hybridized carbons (Fsp3) is 0.548. The molecule has 0 bridgehead atoms. The van der Waals surface area contributed by atoms with Gasteiger partial charge in [0.25, 0.3) is 0 Å². The summed E-state index contributed by atoms with van der Waals surface area (Å²) in [7, 11) is 0. The topological polar surface area (TPSA) is 93.9 Å². The first-order valence-electron chi connectivity index (χ1n) is 13.8. The SMILES string of the molecule is CCCC(C[C@H]1[C@H](NC(=O)OCc2ccccc2)C[C@H](C(=O)OC(C)(C)C)N1Cc1ccccc1)C(C)N. The van der Waals surface area contributed by atoms with Gasteiger partial charge in [-0.1, -0.05) is 74.0 Å². The molecule has 3 rings (SSSR count). The number of carbonyl (C=O) groups excluding carboxylic acids is 2. The molecule has 7 heteroatoms. The van der Waals surface area contributed by atoms with E-state index in [1.165, 1.54) is 0 Å². The van der Waals surface area contributed by atoms with E-state index in [9.17, 15) is 9.59 Å². The Morgan fingerprint density at radius 2 is 1.66 bits per heavy atom. The molecule has 1 aliphatic heterocycles. The molecule has 1 heterocycles. The van der Waals surface area contributed by atoms with Gasteiger partial charge < -0.3 is 20.5 Å². The summed E-state index contributed by atoms with van der Waals surface area (Å²) in [6, 6.07) is 18.8. The fourth-order valence-electron chi connectivity index (χ4n) is 5.27. The van der Waals surface area contributed by atoms with Crippen LogP contribution in [0.4, 0.5) is 4.79 Å². The number of hydrogen-bond donors (Lipinski definition) is 2. The van der Waals surface area contributed by atoms with Crippen LogP contribution < -0.4 is 11.1 Å². The molecule has 7 nitrogen and oxygen atoms in total. The number of esters is 1. The van der Waals surface area contributed by atoms with Crippen LogP contribution in [0.3, 0.4) is 0 Å². The molecule has 5 atom stereocenters. The molecule has 0 aromatic heterocycles. The molecule has 2 aromatic carbocycles. The molecule has 1 aliphatic rings. The molecule has 0 spiro atoms. The number of nitrogens with two attached hydrogens (primary N) is 1. The Hall–Kier alpha value is -2.90. The van der Waals surface area contributed by atoms with Gasteiger partial charge in [0.15, 0.2) is 0 Å². The molecule has 0 aliphatic carbocycles. The first-order chi connectivity index (χ1) is 18.1. The molecule has 0 saturated carbocycles. The van der Waals surface area contributed by atoms with Gasteiger partial charge in [-0.15, -0.1) is 0 Å². The van der Waals surface area contributed by atoms with Crippen molar-refractivity contribution >= 4 is 12.1 Å². The van der Waals surface area contributed by atoms with Gasteiger partial charge in [0, 0.05) is 24.7 Å². The smallest absolute Gasteiger partial charge is 0.407 e. The van der Waals surface area contributed by atoms with Crippen molar-refractivity contribution in [3.8, 4) is 0 Å². The van der Waals surface area contributed by atoms with E-state index in [1.54, 1.807) is 0 Å². The Morgan fingerprint density at radius 3 is 2.21 bits per heavy atom. The summed E-state index contributed by atoms with van der Waals surface area (Å²) < 4.78 is 11.4. The normalized spacial score (nSPS) is 21.5. The van der Waals surface area contributed by atoms with Gasteiger partial charge in [-0.05, 0) is 64.0 Å². The first kappa shape index (κ1) is 29.7. The monoisotopic (exact) mass is 523 g/mol. The second-order valence-corrected chi connectivity index (χ2v) is 11.5. The summed E-state index contributed by atoms with van der Waals surface area (Å²) in [4.78, 5) is 28.6. The van der Waals surface area contributed by atoms with Gasteiger partial charge in [0.2, 0.25) is 0 Å². The van der Waals surface area contributed by atoms with E-state index < -0.39 is 17.7 Å². The number of likely N-dealkylation sites (tertiary alicyclic amines) is 1. The number of nitrogens with zero attached hydrogens (tertiary/aromatic N) is 1. The fourth-order valence-corrected chi connectivity index (χ4v) is 5.27. The molecular formula is C31H45N3O4. The summed E-state index contributed by atoms with van der Waals surface area (Å²) in [5, 5.41) is 3.10. The lowest BCUT2D eigenvalue weighted by molar-refractivity contribution is -0.161. The van der Waals surface area contributed by atoms with Crippen molar-refractivity contribution in [2.75, 3.05) is 0 Å². The van der Waals surface area contributed by atoms with E-state index in [0.717, 1.165) is 30.4 Å². The third-order valence-electron chi connectivity index (χ3n) is 7.12. The molecule has 1 saturated heterocycles. The van der Waals surface area contributed by atoms with Crippen molar-refractivity contribution in [3.63, 3.8) is 0 Å². The highest BCUT2D eigenvalue weighted by Gasteiger charge is 2.47. The Bertz CT molecular complexity index is 1010. The van der Waals surface area contributed by atoms with Gasteiger partial charge in [0.1, 0.15) is 18.2 Å². The number of amides is 1. The van der Waals surface area contributed by atoms with Crippen molar-refractivity contribution in [3.05, 3.63) is 71.8 Å². The molecule has 2 unspecified atom stereocenters. The Morgan fingerprint density at radius 1 is 1.05 bits per heavy atom. The lowest BCUT2D eigenvalue weighted by Gasteiger charge is -2.35. The average molecular weight is 524 g/mol. The number of ether oxygens (including phenoxy) is 2. The van der Waals surface area contributed by atoms with Gasteiger partial charge in [-0.3, -0.25) is 9.69 Å². The number of alkyl carbamates (subject to hydrolysis) is 1. The summed E-state index contributed by atoms with van der Waals surface area (Å²) in [5.74, 6) is -0.0153. The largest absolute Gasteiger partial charge is 0.459 e. The van der Waals surface area contributed by atoms with Crippen LogP contribution in [0, 0.1) is 5.92 Å². The van der Waals surface area contributed by atoms with Crippen LogP contribution in [-0.2, 0) is 27.4 Å². The third kappa shape index (κ3) is 8.84. The van der Waals surface area contributed by atoms with Crippen molar-refractivity contribution in [2.24, 2.45) is 11.7 Å². The zero-order valence-corrected chi connectivity index (χ0v) is 23.6. The third-order valence-corrected chi connectivity index (χ3v) is 7.12. The predicted molar refractivity (Wildman–Crippen MR) is 150 cm³/mol. The summed E-state index contributed by atoms with van der Waals surface area (Å²) in [6.07, 6.45) is 2.73. The van der Waals surface area contributed by atoms with Crippen LogP contribution in [0.25, 0.3) is 0 Å². The molecule has 208 valence electrons. The van der Waals surface area contributed by atoms with Crippen LogP contribution in [-0.4, -0.2) is 46.7 Å². The first-order valence-corrected chi connectivity index (χ1v) is 13.8. The highest BCUT2D eigenvalue weighted by molar-refractivity contribution is 5.77. The summed E-state index contributed by atoms with van der Waals surface area (Å²) in [6.45, 7) is 10.6. The van der Waals surface area contributed by atoms with Crippen LogP contribution >= 0.6 is 0 Å². The standard InChI is InChI=1S/C31H45N3O4/c1-6-13-25(22(2)32)18-27-26(33-30(36)37-21-24-16-11-8-12-17-24)19-28(29(35)38-31(3,4)5)34(27)20-23-14-9-7-10-15-23/h7-12,14-17,22,25-28H,6,13,18-21,32H2,1-5H3,(H,33,36)/t22?,25?,26-,27+,28-/m1/s1. The van der Waals surface area contributed by atoms with Gasteiger partial charge >= 0.3 is 12.1 Å². The Labute approximate surface area is 228 Å². The van der Waals surface area contributed by atoms with Crippen molar-refractivity contribution < 1.29 is 19.1 Å². The molecule has 2 aromatic rings. The maximum Gasteiger partial charge on any atom is 0.407 e. The van der Waals surface area contributed by atoms with E-state index in [1.807, 2.05) is 76.2 Å². The number of hydrogen-bond acceptors (Lipinski definition) is 6. The van der Waals surface area contributed by atoms with Crippen LogP contribution in [0.1, 0.15) is 71.4 Å². The maximum atomic E-state index is 13.5. The molecule has 1 fully saturated rings. The number of rotatable bonds is 11. The zero-order valence-electron chi connectivity index (χ0n) is 23.6. The molecular weight excluding hydrogens is 478 g/mol. The van der Waals surface area contributed by atoms with Crippen LogP contribution in [0.2, 0.25) is 0 Å². The highest BCUT2D eigenvalue weighted by atomic mass is 16.6. The van der Waals surface area contributed by atoms with Crippen LogP contribution in [0.5, 0.6) is 0 Å². The Kier molecular flexibility index (Phi) is 10.7. The number of benzene rings is 2. The lowest BCUT2D eigenvalue weighted by Crippen LogP contribution is -2.48.